The molecule has 7 nitrogen and oxygen atoms in total. The van der Waals surface area contributed by atoms with Gasteiger partial charge in [0.05, 0.1) is 0 Å². The first-order chi connectivity index (χ1) is 14.1. The average molecular weight is 452 g/mol. The molecule has 1 aromatic rings. The highest BCUT2D eigenvalue weighted by molar-refractivity contribution is 7.80. The Balaban J connectivity index is 3.23. The van der Waals surface area contributed by atoms with Gasteiger partial charge in [0, 0.05) is 18.3 Å². The first kappa shape index (κ1) is 26.8. The Morgan fingerprint density at radius 1 is 1.06 bits per heavy atom. The van der Waals surface area contributed by atoms with Crippen LogP contribution in [0.25, 0.3) is 0 Å². The third kappa shape index (κ3) is 8.44. The highest BCUT2D eigenvalue weighted by Crippen LogP contribution is 2.24. The Morgan fingerprint density at radius 3 is 2.10 bits per heavy atom. The largest absolute Gasteiger partial charge is 0.444 e. The van der Waals surface area contributed by atoms with Crippen molar-refractivity contribution in [3.8, 4) is 0 Å². The minimum atomic E-state index is -0.945. The Morgan fingerprint density at radius 2 is 1.65 bits per heavy atom. The molecule has 0 radical (unpaired) electrons. The predicted octanol–water partition coefficient (Wildman–Crippen LogP) is 3.54. The number of nitrogens with one attached hydrogen (secondary N) is 2. The second-order valence-electron chi connectivity index (χ2n) is 9.82. The molecule has 0 heterocycles. The van der Waals surface area contributed by atoms with Crippen molar-refractivity contribution in [1.29, 1.82) is 0 Å². The van der Waals surface area contributed by atoms with E-state index >= 15 is 0 Å². The van der Waals surface area contributed by atoms with E-state index in [0.29, 0.717) is 5.56 Å². The highest BCUT2D eigenvalue weighted by Gasteiger charge is 2.34. The molecule has 0 aliphatic heterocycles. The topological polar surface area (TPSA) is 87.7 Å². The smallest absolute Gasteiger partial charge is 0.408 e. The van der Waals surface area contributed by atoms with Crippen LogP contribution in [0.5, 0.6) is 0 Å². The van der Waals surface area contributed by atoms with E-state index in [1.807, 2.05) is 52.8 Å². The summed E-state index contributed by atoms with van der Waals surface area (Å²) in [7, 11) is 1.55. The van der Waals surface area contributed by atoms with Gasteiger partial charge in [0.2, 0.25) is 11.8 Å². The van der Waals surface area contributed by atoms with Crippen molar-refractivity contribution in [1.82, 2.24) is 15.5 Å². The van der Waals surface area contributed by atoms with Crippen LogP contribution in [0, 0.1) is 13.8 Å². The number of ether oxygens (including phenoxy) is 1. The molecule has 0 saturated carbocycles. The number of carbonyl (C=O) groups is 3. The quantitative estimate of drug-likeness (QED) is 0.577. The number of alkyl carbamates (subject to hydrolysis) is 1. The molecule has 0 spiro atoms. The first-order valence-electron chi connectivity index (χ1n) is 10.3. The summed E-state index contributed by atoms with van der Waals surface area (Å²) in [5, 5.41) is 5.51. The summed E-state index contributed by atoms with van der Waals surface area (Å²) < 4.78 is 5.25. The molecule has 31 heavy (non-hydrogen) atoms. The van der Waals surface area contributed by atoms with Gasteiger partial charge in [-0.15, -0.1) is 0 Å². The van der Waals surface area contributed by atoms with E-state index in [-0.39, 0.29) is 11.7 Å². The van der Waals surface area contributed by atoms with E-state index in [2.05, 4.69) is 23.3 Å². The third-order valence-corrected chi connectivity index (χ3v) is 4.86. The Labute approximate surface area is 191 Å². The van der Waals surface area contributed by atoms with E-state index in [1.165, 1.54) is 4.90 Å². The maximum Gasteiger partial charge on any atom is 0.408 e. The van der Waals surface area contributed by atoms with Gasteiger partial charge in [0.15, 0.2) is 0 Å². The zero-order chi connectivity index (χ0) is 24.1. The lowest BCUT2D eigenvalue weighted by molar-refractivity contribution is -0.141. The lowest BCUT2D eigenvalue weighted by Gasteiger charge is -2.33. The molecule has 2 N–H and O–H groups in total. The zero-order valence-corrected chi connectivity index (χ0v) is 21.0. The van der Waals surface area contributed by atoms with Gasteiger partial charge in [0.1, 0.15) is 17.7 Å². The molecule has 2 atom stereocenters. The molecule has 8 heteroatoms. The summed E-state index contributed by atoms with van der Waals surface area (Å²) in [5.74, 6) is -0.682. The average Bonchev–Trinajstić information content (AvgIpc) is 2.59. The molecule has 1 aromatic carbocycles. The van der Waals surface area contributed by atoms with Crippen molar-refractivity contribution in [3.63, 3.8) is 0 Å². The van der Waals surface area contributed by atoms with Crippen molar-refractivity contribution in [2.45, 2.75) is 78.6 Å². The molecular formula is C23H37N3O4S. The van der Waals surface area contributed by atoms with Crippen molar-refractivity contribution in [2.24, 2.45) is 0 Å². The number of nitrogens with zero attached hydrogens (tertiary/aromatic N) is 1. The molecule has 0 aliphatic rings. The summed E-state index contributed by atoms with van der Waals surface area (Å²) in [6, 6.07) is 3.86. The van der Waals surface area contributed by atoms with Gasteiger partial charge >= 0.3 is 6.09 Å². The molecule has 0 aliphatic carbocycles. The second-order valence-corrected chi connectivity index (χ2v) is 10.2. The number of amides is 3. The van der Waals surface area contributed by atoms with Crippen molar-refractivity contribution < 1.29 is 19.1 Å². The number of hydrogen-bond acceptors (Lipinski definition) is 5. The summed E-state index contributed by atoms with van der Waals surface area (Å²) in [6.07, 6.45) is -0.713. The van der Waals surface area contributed by atoms with Gasteiger partial charge < -0.3 is 20.3 Å². The standard InChI is InChI=1S/C23H37N3O4S/c1-14-10-11-16(12-15(14)2)18(19(27)25-22(3,4)5)26(9)20(28)17(13-31)24-21(29)30-23(6,7)8/h10-12,17-18,31H,13H2,1-9H3,(H,24,29)(H,25,27). The van der Waals surface area contributed by atoms with Crippen LogP contribution in [0.3, 0.4) is 0 Å². The number of hydrogen-bond donors (Lipinski definition) is 3. The molecule has 0 fully saturated rings. The lowest BCUT2D eigenvalue weighted by atomic mass is 9.98. The van der Waals surface area contributed by atoms with Gasteiger partial charge in [-0.3, -0.25) is 9.59 Å². The van der Waals surface area contributed by atoms with E-state index < -0.39 is 35.2 Å². The fourth-order valence-corrected chi connectivity index (χ4v) is 3.18. The number of aryl methyl sites for hydroxylation is 2. The molecule has 1 rings (SSSR count). The van der Waals surface area contributed by atoms with Gasteiger partial charge in [-0.1, -0.05) is 18.2 Å². The number of carbonyl (C=O) groups excluding carboxylic acids is 3. The number of thiol groups is 1. The third-order valence-electron chi connectivity index (χ3n) is 4.50. The number of rotatable bonds is 6. The van der Waals surface area contributed by atoms with E-state index in [4.69, 9.17) is 4.74 Å². The molecule has 0 saturated heterocycles. The number of benzene rings is 1. The first-order valence-corrected chi connectivity index (χ1v) is 10.9. The van der Waals surface area contributed by atoms with E-state index in [0.717, 1.165) is 11.1 Å². The summed E-state index contributed by atoms with van der Waals surface area (Å²) in [5.41, 5.74) is 1.62. The Kier molecular flexibility index (Phi) is 8.99. The molecule has 3 amide bonds. The summed E-state index contributed by atoms with van der Waals surface area (Å²) in [6.45, 7) is 14.8. The van der Waals surface area contributed by atoms with Crippen molar-refractivity contribution in [3.05, 3.63) is 34.9 Å². The maximum atomic E-state index is 13.2. The van der Waals surface area contributed by atoms with Gasteiger partial charge in [0.25, 0.3) is 0 Å². The minimum absolute atomic E-state index is 0.0585. The lowest BCUT2D eigenvalue weighted by Crippen LogP contribution is -2.54. The molecule has 2 unspecified atom stereocenters. The fraction of sp³-hybridized carbons (Fsp3) is 0.609. The Bertz CT molecular complexity index is 812. The molecular weight excluding hydrogens is 414 g/mol. The Hall–Kier alpha value is -2.22. The van der Waals surface area contributed by atoms with Crippen LogP contribution in [0.2, 0.25) is 0 Å². The SMILES string of the molecule is Cc1ccc(C(C(=O)NC(C)(C)C)N(C)C(=O)C(CS)NC(=O)OC(C)(C)C)cc1C. The van der Waals surface area contributed by atoms with Gasteiger partial charge in [-0.05, 0) is 72.1 Å². The summed E-state index contributed by atoms with van der Waals surface area (Å²) >= 11 is 4.22. The van der Waals surface area contributed by atoms with Crippen LogP contribution in [0.15, 0.2) is 18.2 Å². The van der Waals surface area contributed by atoms with Gasteiger partial charge in [-0.2, -0.15) is 12.6 Å². The van der Waals surface area contributed by atoms with Crippen LogP contribution >= 0.6 is 12.6 Å². The predicted molar refractivity (Wildman–Crippen MR) is 126 cm³/mol. The fourth-order valence-electron chi connectivity index (χ4n) is 2.93. The van der Waals surface area contributed by atoms with Crippen LogP contribution in [-0.2, 0) is 14.3 Å². The van der Waals surface area contributed by atoms with Gasteiger partial charge in [-0.25, -0.2) is 4.79 Å². The summed E-state index contributed by atoms with van der Waals surface area (Å²) in [4.78, 5) is 40.0. The molecule has 0 bridgehead atoms. The molecule has 0 aromatic heterocycles. The zero-order valence-electron chi connectivity index (χ0n) is 20.1. The molecule has 174 valence electrons. The van der Waals surface area contributed by atoms with Crippen molar-refractivity contribution >= 4 is 30.5 Å². The van der Waals surface area contributed by atoms with E-state index in [1.54, 1.807) is 27.8 Å². The van der Waals surface area contributed by atoms with Crippen LogP contribution in [0.4, 0.5) is 4.79 Å². The van der Waals surface area contributed by atoms with Crippen LogP contribution in [-0.4, -0.2) is 52.8 Å². The normalized spacial score (nSPS) is 13.7. The number of likely N-dealkylation sites (N-methyl/N-ethyl adjacent to an activating group) is 1. The monoisotopic (exact) mass is 451 g/mol. The van der Waals surface area contributed by atoms with Crippen LogP contribution in [0.1, 0.15) is 64.3 Å². The van der Waals surface area contributed by atoms with Crippen LogP contribution < -0.4 is 10.6 Å². The van der Waals surface area contributed by atoms with E-state index in [9.17, 15) is 14.4 Å². The second kappa shape index (κ2) is 10.4. The maximum absolute atomic E-state index is 13.2. The minimum Gasteiger partial charge on any atom is -0.444 e. The highest BCUT2D eigenvalue weighted by atomic mass is 32.1. The van der Waals surface area contributed by atoms with Crippen molar-refractivity contribution in [2.75, 3.05) is 12.8 Å².